The molecule has 0 aliphatic carbocycles. The first kappa shape index (κ1) is 22.6. The Labute approximate surface area is 192 Å². The van der Waals surface area contributed by atoms with Crippen molar-refractivity contribution >= 4 is 58.2 Å². The van der Waals surface area contributed by atoms with Crippen molar-refractivity contribution < 1.29 is 14.3 Å². The summed E-state index contributed by atoms with van der Waals surface area (Å²) >= 11 is 15.0. The summed E-state index contributed by atoms with van der Waals surface area (Å²) in [5.41, 5.74) is 2.11. The highest BCUT2D eigenvalue weighted by molar-refractivity contribution is 7.98. The van der Waals surface area contributed by atoms with Gasteiger partial charge in [0.05, 0.1) is 16.3 Å². The Bertz CT molecular complexity index is 1060. The van der Waals surface area contributed by atoms with E-state index in [4.69, 9.17) is 27.9 Å². The molecule has 0 spiro atoms. The van der Waals surface area contributed by atoms with Crippen LogP contribution in [-0.4, -0.2) is 23.5 Å². The number of thioether (sulfide) groups is 1. The number of nitrogens with one attached hydrogen (secondary N) is 1. The molecule has 0 saturated heterocycles. The Morgan fingerprint density at radius 1 is 1.20 bits per heavy atom. The number of rotatable bonds is 8. The lowest BCUT2D eigenvalue weighted by Gasteiger charge is -2.10. The van der Waals surface area contributed by atoms with Crippen LogP contribution in [-0.2, 0) is 21.8 Å². The molecule has 0 atom stereocenters. The van der Waals surface area contributed by atoms with E-state index in [2.05, 4.69) is 10.3 Å². The summed E-state index contributed by atoms with van der Waals surface area (Å²) in [6.07, 6.45) is 0. The molecule has 0 radical (unpaired) electrons. The number of hydrogen-bond acceptors (Lipinski definition) is 6. The molecule has 2 aromatic carbocycles. The van der Waals surface area contributed by atoms with E-state index in [-0.39, 0.29) is 13.2 Å². The number of aryl methyl sites for hydroxylation is 1. The summed E-state index contributed by atoms with van der Waals surface area (Å²) in [4.78, 5) is 29.8. The molecule has 9 heteroatoms. The average Bonchev–Trinajstić information content (AvgIpc) is 3.15. The van der Waals surface area contributed by atoms with Gasteiger partial charge in [0.2, 0.25) is 0 Å². The summed E-state index contributed by atoms with van der Waals surface area (Å²) in [5, 5.41) is 6.66. The highest BCUT2D eigenvalue weighted by atomic mass is 35.5. The van der Waals surface area contributed by atoms with Crippen molar-refractivity contribution in [2.75, 3.05) is 6.61 Å². The van der Waals surface area contributed by atoms with Crippen molar-refractivity contribution in [3.05, 3.63) is 79.7 Å². The summed E-state index contributed by atoms with van der Waals surface area (Å²) in [6.45, 7) is 1.79. The van der Waals surface area contributed by atoms with Crippen LogP contribution in [0.2, 0.25) is 10.0 Å². The Morgan fingerprint density at radius 3 is 2.73 bits per heavy atom. The number of halogens is 2. The predicted molar refractivity (Wildman–Crippen MR) is 121 cm³/mol. The van der Waals surface area contributed by atoms with Crippen molar-refractivity contribution in [3.8, 4) is 0 Å². The van der Waals surface area contributed by atoms with Gasteiger partial charge in [0.1, 0.15) is 0 Å². The Morgan fingerprint density at radius 2 is 2.00 bits per heavy atom. The number of benzene rings is 2. The molecule has 1 heterocycles. The Balaban J connectivity index is 1.52. The number of amides is 1. The van der Waals surface area contributed by atoms with Crippen LogP contribution in [0.25, 0.3) is 0 Å². The highest BCUT2D eigenvalue weighted by Crippen LogP contribution is 2.27. The van der Waals surface area contributed by atoms with Gasteiger partial charge >= 0.3 is 5.97 Å². The largest absolute Gasteiger partial charge is 0.452 e. The number of hydrogen-bond donors (Lipinski definition) is 1. The van der Waals surface area contributed by atoms with E-state index in [1.165, 1.54) is 11.8 Å². The fourth-order valence-electron chi connectivity index (χ4n) is 2.51. The zero-order chi connectivity index (χ0) is 21.5. The zero-order valence-electron chi connectivity index (χ0n) is 16.0. The quantitative estimate of drug-likeness (QED) is 0.339. The number of aromatic nitrogens is 1. The first-order valence-electron chi connectivity index (χ1n) is 8.93. The van der Waals surface area contributed by atoms with Gasteiger partial charge in [-0.1, -0.05) is 41.4 Å². The fourth-order valence-corrected chi connectivity index (χ4v) is 4.63. The molecule has 3 rings (SSSR count). The topological polar surface area (TPSA) is 68.3 Å². The van der Waals surface area contributed by atoms with E-state index in [0.717, 1.165) is 21.2 Å². The van der Waals surface area contributed by atoms with E-state index in [1.54, 1.807) is 41.7 Å². The lowest BCUT2D eigenvalue weighted by molar-refractivity contribution is -0.124. The first-order valence-corrected chi connectivity index (χ1v) is 11.5. The first-order chi connectivity index (χ1) is 14.4. The zero-order valence-corrected chi connectivity index (χ0v) is 19.1. The van der Waals surface area contributed by atoms with E-state index < -0.39 is 11.9 Å². The minimum Gasteiger partial charge on any atom is -0.452 e. The molecule has 0 saturated carbocycles. The van der Waals surface area contributed by atoms with Crippen molar-refractivity contribution in [1.29, 1.82) is 0 Å². The third kappa shape index (κ3) is 6.47. The van der Waals surface area contributed by atoms with Crippen molar-refractivity contribution in [2.45, 2.75) is 24.1 Å². The summed E-state index contributed by atoms with van der Waals surface area (Å²) in [6, 6.07) is 12.2. The van der Waals surface area contributed by atoms with Gasteiger partial charge in [0.15, 0.2) is 6.61 Å². The van der Waals surface area contributed by atoms with Crippen LogP contribution in [0.15, 0.2) is 52.7 Å². The smallest absolute Gasteiger partial charge is 0.339 e. The number of esters is 1. The molecular weight excluding hydrogens is 463 g/mol. The van der Waals surface area contributed by atoms with Gasteiger partial charge in [0, 0.05) is 32.6 Å². The van der Waals surface area contributed by atoms with Gasteiger partial charge in [-0.3, -0.25) is 4.79 Å². The van der Waals surface area contributed by atoms with Gasteiger partial charge in [-0.05, 0) is 36.8 Å². The normalized spacial score (nSPS) is 10.6. The van der Waals surface area contributed by atoms with Crippen LogP contribution in [0.5, 0.6) is 0 Å². The van der Waals surface area contributed by atoms with Gasteiger partial charge in [-0.25, -0.2) is 9.78 Å². The van der Waals surface area contributed by atoms with Crippen LogP contribution >= 0.6 is 46.3 Å². The Kier molecular flexibility index (Phi) is 8.16. The molecule has 0 aliphatic rings. The van der Waals surface area contributed by atoms with Gasteiger partial charge in [-0.15, -0.1) is 23.1 Å². The number of nitrogens with zero attached hydrogens (tertiary/aromatic N) is 1. The lowest BCUT2D eigenvalue weighted by Crippen LogP contribution is -2.28. The third-order valence-corrected chi connectivity index (χ3v) is 6.49. The van der Waals surface area contributed by atoms with Crippen LogP contribution in [0.1, 0.15) is 26.6 Å². The molecule has 156 valence electrons. The lowest BCUT2D eigenvalue weighted by atomic mass is 10.2. The number of carbonyl (C=O) groups is 2. The second kappa shape index (κ2) is 10.8. The van der Waals surface area contributed by atoms with Crippen LogP contribution in [0.3, 0.4) is 0 Å². The molecule has 0 bridgehead atoms. The maximum atomic E-state index is 12.5. The predicted octanol–water partition coefficient (Wildman–Crippen LogP) is 5.52. The molecule has 5 nitrogen and oxygen atoms in total. The summed E-state index contributed by atoms with van der Waals surface area (Å²) < 4.78 is 5.19. The van der Waals surface area contributed by atoms with Gasteiger partial charge in [0.25, 0.3) is 5.91 Å². The second-order valence-electron chi connectivity index (χ2n) is 6.23. The SMILES string of the molecule is Cc1nc(CSc2ccccc2C(=O)OCC(=O)NCc2ccc(Cl)cc2Cl)cs1. The fraction of sp³-hybridized carbons (Fsp3) is 0.190. The molecule has 1 N–H and O–H groups in total. The number of carbonyl (C=O) groups excluding carboxylic acids is 2. The van der Waals surface area contributed by atoms with Crippen LogP contribution < -0.4 is 5.32 Å². The highest BCUT2D eigenvalue weighted by Gasteiger charge is 2.15. The molecule has 1 amide bonds. The monoisotopic (exact) mass is 480 g/mol. The molecule has 0 aliphatic heterocycles. The van der Waals surface area contributed by atoms with Gasteiger partial charge < -0.3 is 10.1 Å². The average molecular weight is 481 g/mol. The molecular formula is C21H18Cl2N2O3S2. The Hall–Kier alpha value is -2.06. The molecule has 30 heavy (non-hydrogen) atoms. The van der Waals surface area contributed by atoms with E-state index in [0.29, 0.717) is 21.4 Å². The third-order valence-electron chi connectivity index (χ3n) is 3.97. The number of thiazole rings is 1. The van der Waals surface area contributed by atoms with E-state index in [1.807, 2.05) is 24.4 Å². The maximum Gasteiger partial charge on any atom is 0.339 e. The minimum atomic E-state index is -0.549. The van der Waals surface area contributed by atoms with E-state index >= 15 is 0 Å². The summed E-state index contributed by atoms with van der Waals surface area (Å²) in [5.74, 6) is -0.318. The maximum absolute atomic E-state index is 12.5. The summed E-state index contributed by atoms with van der Waals surface area (Å²) in [7, 11) is 0. The molecule has 3 aromatic rings. The van der Waals surface area contributed by atoms with Crippen LogP contribution in [0, 0.1) is 6.92 Å². The second-order valence-corrected chi connectivity index (χ2v) is 9.15. The molecule has 0 unspecified atom stereocenters. The minimum absolute atomic E-state index is 0.214. The van der Waals surface area contributed by atoms with Gasteiger partial charge in [-0.2, -0.15) is 0 Å². The van der Waals surface area contributed by atoms with E-state index in [9.17, 15) is 9.59 Å². The van der Waals surface area contributed by atoms with Crippen molar-refractivity contribution in [1.82, 2.24) is 10.3 Å². The van der Waals surface area contributed by atoms with Crippen molar-refractivity contribution in [3.63, 3.8) is 0 Å². The van der Waals surface area contributed by atoms with Crippen LogP contribution in [0.4, 0.5) is 0 Å². The van der Waals surface area contributed by atoms with Crippen molar-refractivity contribution in [2.24, 2.45) is 0 Å². The standard InChI is InChI=1S/C21H18Cl2N2O3S2/c1-13-25-16(11-29-13)12-30-19-5-3-2-4-17(19)21(27)28-10-20(26)24-9-14-6-7-15(22)8-18(14)23/h2-8,11H,9-10,12H2,1H3,(H,24,26). The molecule has 1 aromatic heterocycles. The molecule has 0 fully saturated rings. The number of ether oxygens (including phenoxy) is 1.